The second-order valence-electron chi connectivity index (χ2n) is 5.32. The summed E-state index contributed by atoms with van der Waals surface area (Å²) in [6, 6.07) is 5.26. The fourth-order valence-corrected chi connectivity index (χ4v) is 3.73. The Kier molecular flexibility index (Phi) is 3.76. The minimum atomic E-state index is -3.84. The summed E-state index contributed by atoms with van der Waals surface area (Å²) in [4.78, 5) is 0.0786. The van der Waals surface area contributed by atoms with Gasteiger partial charge in [-0.1, -0.05) is 17.7 Å². The number of aliphatic hydroxyl groups is 2. The molecule has 3 N–H and O–H groups in total. The van der Waals surface area contributed by atoms with Crippen molar-refractivity contribution in [1.29, 1.82) is 0 Å². The summed E-state index contributed by atoms with van der Waals surface area (Å²) in [5.74, 6) is 0. The van der Waals surface area contributed by atoms with E-state index in [4.69, 9.17) is 9.47 Å². The van der Waals surface area contributed by atoms with Crippen molar-refractivity contribution in [3.8, 4) is 0 Å². The summed E-state index contributed by atoms with van der Waals surface area (Å²) in [5.41, 5.74) is 0.937. The minimum Gasteiger partial charge on any atom is -0.388 e. The van der Waals surface area contributed by atoms with Gasteiger partial charge in [-0.05, 0) is 19.1 Å². The Morgan fingerprint density at radius 3 is 2.52 bits per heavy atom. The molecular weight excluding hydrogens is 298 g/mol. The highest BCUT2D eigenvalue weighted by molar-refractivity contribution is 7.89. The van der Waals surface area contributed by atoms with Gasteiger partial charge in [0.2, 0.25) is 10.0 Å². The van der Waals surface area contributed by atoms with Crippen LogP contribution in [0.2, 0.25) is 0 Å². The van der Waals surface area contributed by atoms with Gasteiger partial charge >= 0.3 is 0 Å². The van der Waals surface area contributed by atoms with E-state index in [2.05, 4.69) is 4.72 Å². The van der Waals surface area contributed by atoms with E-state index in [1.807, 2.05) is 6.92 Å². The largest absolute Gasteiger partial charge is 0.388 e. The molecular formula is C13H17NO6S. The lowest BCUT2D eigenvalue weighted by Gasteiger charge is -2.35. The van der Waals surface area contributed by atoms with E-state index in [1.165, 1.54) is 12.1 Å². The Morgan fingerprint density at radius 2 is 1.86 bits per heavy atom. The van der Waals surface area contributed by atoms with Crippen LogP contribution in [0.4, 0.5) is 0 Å². The first-order valence-corrected chi connectivity index (χ1v) is 8.09. The van der Waals surface area contributed by atoms with E-state index in [9.17, 15) is 18.6 Å². The second-order valence-corrected chi connectivity index (χ2v) is 7.03. The van der Waals surface area contributed by atoms with E-state index >= 15 is 0 Å². The van der Waals surface area contributed by atoms with Gasteiger partial charge in [0, 0.05) is 0 Å². The summed E-state index contributed by atoms with van der Waals surface area (Å²) in [6.07, 6.45) is -3.98. The molecule has 0 saturated carbocycles. The molecule has 0 radical (unpaired) electrons. The molecule has 2 aliphatic heterocycles. The van der Waals surface area contributed by atoms with Gasteiger partial charge in [0.25, 0.3) is 0 Å². The van der Waals surface area contributed by atoms with Crippen LogP contribution in [0.15, 0.2) is 29.2 Å². The standard InChI is InChI=1S/C13H17NO6S/c1-7-2-4-8(5-3-7)21(17,18)14-10-12(16)11(15)9-6-19-13(10)20-9/h2-5,9-16H,6H2,1H3/t9?,10?,11?,12?,13-/m1/s1. The zero-order valence-corrected chi connectivity index (χ0v) is 12.2. The molecule has 2 saturated heterocycles. The third-order valence-corrected chi connectivity index (χ3v) is 5.22. The molecule has 21 heavy (non-hydrogen) atoms. The minimum absolute atomic E-state index is 0.0786. The number of sulfonamides is 1. The van der Waals surface area contributed by atoms with Crippen LogP contribution in [0.3, 0.4) is 0 Å². The lowest BCUT2D eigenvalue weighted by atomic mass is 10.00. The Bertz CT molecular complexity index is 616. The number of hydrogen-bond donors (Lipinski definition) is 3. The first kappa shape index (κ1) is 14.9. The predicted octanol–water partition coefficient (Wildman–Crippen LogP) is -0.881. The third-order valence-electron chi connectivity index (χ3n) is 3.75. The highest BCUT2D eigenvalue weighted by Gasteiger charge is 2.50. The van der Waals surface area contributed by atoms with Crippen LogP contribution in [0.5, 0.6) is 0 Å². The van der Waals surface area contributed by atoms with E-state index in [0.717, 1.165) is 5.56 Å². The fraction of sp³-hybridized carbons (Fsp3) is 0.538. The number of aryl methyl sites for hydroxylation is 1. The Balaban J connectivity index is 1.83. The topological polar surface area (TPSA) is 105 Å². The first-order chi connectivity index (χ1) is 9.88. The van der Waals surface area contributed by atoms with Crippen molar-refractivity contribution in [3.63, 3.8) is 0 Å². The van der Waals surface area contributed by atoms with Crippen LogP contribution in [-0.4, -0.2) is 55.9 Å². The van der Waals surface area contributed by atoms with Crippen molar-refractivity contribution in [2.75, 3.05) is 6.61 Å². The highest BCUT2D eigenvalue weighted by atomic mass is 32.2. The van der Waals surface area contributed by atoms with Crippen LogP contribution in [-0.2, 0) is 19.5 Å². The summed E-state index contributed by atoms with van der Waals surface area (Å²) in [7, 11) is -3.84. The average molecular weight is 315 g/mol. The molecule has 0 aliphatic carbocycles. The van der Waals surface area contributed by atoms with Crippen LogP contribution in [0.25, 0.3) is 0 Å². The molecule has 2 bridgehead atoms. The van der Waals surface area contributed by atoms with Gasteiger partial charge in [-0.15, -0.1) is 0 Å². The molecule has 0 amide bonds. The maximum absolute atomic E-state index is 12.3. The van der Waals surface area contributed by atoms with Crippen molar-refractivity contribution in [1.82, 2.24) is 4.72 Å². The number of aliphatic hydroxyl groups excluding tert-OH is 2. The number of fused-ring (bicyclic) bond motifs is 2. The van der Waals surface area contributed by atoms with Gasteiger partial charge in [-0.3, -0.25) is 0 Å². The van der Waals surface area contributed by atoms with Gasteiger partial charge in [-0.25, -0.2) is 13.1 Å². The van der Waals surface area contributed by atoms with Gasteiger partial charge in [0.15, 0.2) is 6.29 Å². The molecule has 5 atom stereocenters. The van der Waals surface area contributed by atoms with Crippen molar-refractivity contribution in [2.24, 2.45) is 0 Å². The van der Waals surface area contributed by atoms with E-state index < -0.39 is 40.7 Å². The summed E-state index contributed by atoms with van der Waals surface area (Å²) < 4.78 is 37.6. The molecule has 2 fully saturated rings. The molecule has 8 heteroatoms. The summed E-state index contributed by atoms with van der Waals surface area (Å²) >= 11 is 0. The first-order valence-electron chi connectivity index (χ1n) is 6.61. The number of rotatable bonds is 3. The van der Waals surface area contributed by atoms with E-state index in [1.54, 1.807) is 12.1 Å². The summed E-state index contributed by atoms with van der Waals surface area (Å²) in [6.45, 7) is 1.98. The van der Waals surface area contributed by atoms with Crippen LogP contribution in [0, 0.1) is 6.92 Å². The zero-order chi connectivity index (χ0) is 15.2. The molecule has 0 aromatic heterocycles. The predicted molar refractivity (Wildman–Crippen MR) is 71.9 cm³/mol. The van der Waals surface area contributed by atoms with Gasteiger partial charge in [0.1, 0.15) is 24.4 Å². The Hall–Kier alpha value is -1.03. The highest BCUT2D eigenvalue weighted by Crippen LogP contribution is 2.29. The lowest BCUT2D eigenvalue weighted by molar-refractivity contribution is -0.181. The average Bonchev–Trinajstić information content (AvgIpc) is 2.89. The smallest absolute Gasteiger partial charge is 0.241 e. The molecule has 2 aliphatic rings. The fourth-order valence-electron chi connectivity index (χ4n) is 2.49. The van der Waals surface area contributed by atoms with Crippen molar-refractivity contribution >= 4 is 10.0 Å². The molecule has 3 rings (SSSR count). The zero-order valence-electron chi connectivity index (χ0n) is 11.3. The molecule has 0 spiro atoms. The van der Waals surface area contributed by atoms with Crippen LogP contribution in [0.1, 0.15) is 5.56 Å². The molecule has 116 valence electrons. The van der Waals surface area contributed by atoms with Crippen molar-refractivity contribution in [3.05, 3.63) is 29.8 Å². The van der Waals surface area contributed by atoms with Gasteiger partial charge in [0.05, 0.1) is 11.5 Å². The van der Waals surface area contributed by atoms with Gasteiger partial charge < -0.3 is 19.7 Å². The molecule has 4 unspecified atom stereocenters. The molecule has 2 heterocycles. The maximum atomic E-state index is 12.3. The third kappa shape index (κ3) is 2.70. The number of hydrogen-bond acceptors (Lipinski definition) is 6. The van der Waals surface area contributed by atoms with Crippen LogP contribution >= 0.6 is 0 Å². The summed E-state index contributed by atoms with van der Waals surface area (Å²) in [5, 5.41) is 19.9. The quantitative estimate of drug-likeness (QED) is 0.669. The monoisotopic (exact) mass is 315 g/mol. The maximum Gasteiger partial charge on any atom is 0.241 e. The van der Waals surface area contributed by atoms with E-state index in [-0.39, 0.29) is 11.5 Å². The van der Waals surface area contributed by atoms with Crippen LogP contribution < -0.4 is 4.72 Å². The second kappa shape index (κ2) is 5.31. The van der Waals surface area contributed by atoms with Crippen molar-refractivity contribution < 1.29 is 28.1 Å². The van der Waals surface area contributed by atoms with Crippen molar-refractivity contribution in [2.45, 2.75) is 42.5 Å². The lowest BCUT2D eigenvalue weighted by Crippen LogP contribution is -2.60. The molecule has 1 aromatic carbocycles. The number of benzene rings is 1. The van der Waals surface area contributed by atoms with Gasteiger partial charge in [-0.2, -0.15) is 0 Å². The molecule has 1 aromatic rings. The Morgan fingerprint density at radius 1 is 1.19 bits per heavy atom. The van der Waals surface area contributed by atoms with E-state index in [0.29, 0.717) is 0 Å². The normalized spacial score (nSPS) is 35.9. The Labute approximate surface area is 122 Å². The number of nitrogens with one attached hydrogen (secondary N) is 1. The molecule has 7 nitrogen and oxygen atoms in total. The SMILES string of the molecule is Cc1ccc(S(=O)(=O)NC2C(O)C(O)C3CO[C@@H]2O3)cc1. The number of ether oxygens (including phenoxy) is 2.